The molecule has 1 amide bonds. The summed E-state index contributed by atoms with van der Waals surface area (Å²) in [5.74, 6) is -5.48. The van der Waals surface area contributed by atoms with E-state index in [1.165, 1.54) is 11.1 Å². The third-order valence-corrected chi connectivity index (χ3v) is 16.3. The van der Waals surface area contributed by atoms with Gasteiger partial charge in [-0.3, -0.25) is 14.6 Å². The molecule has 4 saturated carbocycles. The van der Waals surface area contributed by atoms with Gasteiger partial charge in [-0.1, -0.05) is 84.0 Å². The lowest BCUT2D eigenvalue weighted by atomic mass is 9.67. The monoisotopic (exact) mass is 884 g/mol. The maximum Gasteiger partial charge on any atom is 0.248 e. The number of allylic oxidation sites excluding steroid dienone is 2. The van der Waals surface area contributed by atoms with Crippen molar-refractivity contribution in [3.63, 3.8) is 0 Å². The number of H-pyrrole nitrogens is 1. The van der Waals surface area contributed by atoms with E-state index in [0.717, 1.165) is 52.2 Å². The zero-order chi connectivity index (χ0) is 45.9. The number of aliphatic hydroxyl groups is 2. The van der Waals surface area contributed by atoms with Crippen LogP contribution in [0.1, 0.15) is 161 Å². The number of halogens is 4. The lowest BCUT2D eigenvalue weighted by Gasteiger charge is -2.42. The first-order chi connectivity index (χ1) is 29.9. The van der Waals surface area contributed by atoms with Crippen molar-refractivity contribution in [1.82, 2.24) is 15.3 Å². The van der Waals surface area contributed by atoms with Gasteiger partial charge in [-0.05, 0) is 108 Å². The van der Waals surface area contributed by atoms with Gasteiger partial charge in [0, 0.05) is 55.9 Å². The summed E-state index contributed by atoms with van der Waals surface area (Å²) in [6.07, 6.45) is 4.37. The highest BCUT2D eigenvalue weighted by molar-refractivity contribution is 6.06. The first-order valence-corrected chi connectivity index (χ1v) is 23.5. The molecular formula is C52H64F4N4O4. The molecule has 0 radical (unpaired) electrons. The van der Waals surface area contributed by atoms with Gasteiger partial charge in [0.15, 0.2) is 0 Å². The van der Waals surface area contributed by atoms with Gasteiger partial charge >= 0.3 is 0 Å². The van der Waals surface area contributed by atoms with Crippen LogP contribution < -0.4 is 5.32 Å². The second-order valence-corrected chi connectivity index (χ2v) is 22.6. The molecule has 5 aliphatic carbocycles. The Labute approximate surface area is 374 Å². The Morgan fingerprint density at radius 3 is 1.81 bits per heavy atom. The molecule has 2 aromatic carbocycles. The van der Waals surface area contributed by atoms with Crippen LogP contribution in [0.15, 0.2) is 59.4 Å². The smallest absolute Gasteiger partial charge is 0.248 e. The summed E-state index contributed by atoms with van der Waals surface area (Å²) in [4.78, 5) is 41.4. The zero-order valence-electron chi connectivity index (χ0n) is 38.2. The number of carbonyl (C=O) groups is 2. The van der Waals surface area contributed by atoms with Crippen LogP contribution in [0.2, 0.25) is 0 Å². The topological polar surface area (TPSA) is 128 Å². The number of carbonyl (C=O) groups excluding carboxylic acids is 2. The Bertz CT molecular complexity index is 2390. The van der Waals surface area contributed by atoms with Gasteiger partial charge in [-0.15, -0.1) is 0 Å². The van der Waals surface area contributed by atoms with E-state index in [2.05, 4.69) is 94.3 Å². The number of aromatic amines is 1. The van der Waals surface area contributed by atoms with Gasteiger partial charge in [-0.2, -0.15) is 0 Å². The van der Waals surface area contributed by atoms with Crippen molar-refractivity contribution in [2.75, 3.05) is 0 Å². The molecule has 1 aromatic heterocycles. The molecule has 9 rings (SSSR count). The maximum atomic E-state index is 14.1. The molecule has 0 saturated heterocycles. The van der Waals surface area contributed by atoms with Crippen LogP contribution in [0.5, 0.6) is 0 Å². The highest BCUT2D eigenvalue weighted by Gasteiger charge is 2.67. The van der Waals surface area contributed by atoms with E-state index in [4.69, 9.17) is 9.98 Å². The summed E-state index contributed by atoms with van der Waals surface area (Å²) in [6, 6.07) is 14.5. The van der Waals surface area contributed by atoms with Gasteiger partial charge in [0.05, 0.1) is 40.0 Å². The Morgan fingerprint density at radius 2 is 1.27 bits per heavy atom. The van der Waals surface area contributed by atoms with Crippen molar-refractivity contribution in [3.05, 3.63) is 71.3 Å². The van der Waals surface area contributed by atoms with E-state index >= 15 is 0 Å². The fourth-order valence-electron chi connectivity index (χ4n) is 11.7. The number of amides is 1. The predicted octanol–water partition coefficient (Wildman–Crippen LogP) is 11.3. The SMILES string of the molecule is CC(C)(C)[C@H](NC(=O)C1(C2(O)CCC(F)(F)CC2)CC1)C1=NC2=C(C1)c1ccc(-c3ccc(-c4cnc([C@@H](CC(=O)C5(C6(O)CCC(F)(F)CC6)CC5)C(C)(C)C)[nH]4)cc3)cc1CC2. The lowest BCUT2D eigenvalue weighted by molar-refractivity contribution is -0.157. The summed E-state index contributed by atoms with van der Waals surface area (Å²) in [6.45, 7) is 12.4. The van der Waals surface area contributed by atoms with E-state index in [-0.39, 0.29) is 66.6 Å². The molecule has 3 aromatic rings. The number of fused-ring (bicyclic) bond motifs is 2. The first-order valence-electron chi connectivity index (χ1n) is 23.5. The van der Waals surface area contributed by atoms with Crippen molar-refractivity contribution in [3.8, 4) is 22.4 Å². The van der Waals surface area contributed by atoms with Gasteiger partial charge in [0.1, 0.15) is 11.6 Å². The molecule has 2 atom stereocenters. The number of Topliss-reactive ketones (excluding diaryl/α,β-unsaturated/α-hetero) is 1. The third kappa shape index (κ3) is 8.00. The van der Waals surface area contributed by atoms with Crippen LogP contribution in [0.4, 0.5) is 17.6 Å². The minimum absolute atomic E-state index is 0.0556. The number of benzene rings is 2. The van der Waals surface area contributed by atoms with Crippen LogP contribution in [-0.4, -0.2) is 66.7 Å². The van der Waals surface area contributed by atoms with Gasteiger partial charge < -0.3 is 20.5 Å². The number of hydrogen-bond donors (Lipinski definition) is 4. The van der Waals surface area contributed by atoms with Crippen LogP contribution >= 0.6 is 0 Å². The molecule has 12 heteroatoms. The number of aryl methyl sites for hydroxylation is 1. The van der Waals surface area contributed by atoms with Crippen LogP contribution in [-0.2, 0) is 16.0 Å². The maximum absolute atomic E-state index is 14.1. The number of ketones is 1. The highest BCUT2D eigenvalue weighted by atomic mass is 19.3. The number of nitrogens with zero attached hydrogens (tertiary/aromatic N) is 2. The highest BCUT2D eigenvalue weighted by Crippen LogP contribution is 2.63. The average molecular weight is 885 g/mol. The molecule has 1 aliphatic heterocycles. The van der Waals surface area contributed by atoms with Gasteiger partial charge in [0.2, 0.25) is 17.8 Å². The number of imidazole rings is 1. The van der Waals surface area contributed by atoms with Crippen molar-refractivity contribution in [2.24, 2.45) is 26.7 Å². The van der Waals surface area contributed by atoms with E-state index in [1.807, 2.05) is 0 Å². The molecule has 6 aliphatic rings. The number of hydrogen-bond acceptors (Lipinski definition) is 6. The predicted molar refractivity (Wildman–Crippen MR) is 240 cm³/mol. The Hall–Kier alpha value is -4.16. The molecule has 64 heavy (non-hydrogen) atoms. The third-order valence-electron chi connectivity index (χ3n) is 16.3. The summed E-state index contributed by atoms with van der Waals surface area (Å²) in [5.41, 5.74) is 3.91. The normalized spacial score (nSPS) is 24.5. The fourth-order valence-corrected chi connectivity index (χ4v) is 11.7. The molecule has 0 bridgehead atoms. The van der Waals surface area contributed by atoms with Crippen LogP contribution in [0.25, 0.3) is 28.0 Å². The first kappa shape index (κ1) is 45.0. The number of nitrogens with one attached hydrogen (secondary N) is 2. The van der Waals surface area contributed by atoms with Crippen LogP contribution in [0.3, 0.4) is 0 Å². The minimum Gasteiger partial charge on any atom is -0.389 e. The molecule has 4 fully saturated rings. The van der Waals surface area contributed by atoms with E-state index in [9.17, 15) is 37.4 Å². The Balaban J connectivity index is 0.866. The molecule has 0 unspecified atom stereocenters. The summed E-state index contributed by atoms with van der Waals surface area (Å²) >= 11 is 0. The lowest BCUT2D eigenvalue weighted by Crippen LogP contribution is -2.57. The molecule has 0 spiro atoms. The van der Waals surface area contributed by atoms with Gasteiger partial charge in [0.25, 0.3) is 0 Å². The largest absolute Gasteiger partial charge is 0.389 e. The number of alkyl halides is 4. The summed E-state index contributed by atoms with van der Waals surface area (Å²) < 4.78 is 56.2. The average Bonchev–Trinajstić information content (AvgIpc) is 4.14. The second-order valence-electron chi connectivity index (χ2n) is 22.6. The van der Waals surface area contributed by atoms with Gasteiger partial charge in [-0.25, -0.2) is 22.5 Å². The molecule has 344 valence electrons. The number of aliphatic imine (C=N–C) groups is 1. The zero-order valence-corrected chi connectivity index (χ0v) is 38.2. The minimum atomic E-state index is -2.80. The standard InChI is InChI=1S/C52H64F4N4O4/c1-45(2,3)37(29-41(61)47(15-16-47)49(63)19-23-51(53,54)24-20-49)43-57-30-40(59-43)32-9-7-31(8-10-32)33-11-13-35-34(27-33)12-14-38-36(35)28-39(58-38)42(46(4,5)6)60-44(62)48(17-18-48)50(64)21-25-52(55,56)26-22-50/h7-11,13,27,30,37,42,63-64H,12,14-26,28-29H2,1-6H3,(H,57,59)(H,60,62)/t37-,42-/m1/s1. The quantitative estimate of drug-likeness (QED) is 0.143. The van der Waals surface area contributed by atoms with Crippen LogP contribution in [0, 0.1) is 21.7 Å². The Kier molecular flexibility index (Phi) is 10.7. The van der Waals surface area contributed by atoms with Crippen molar-refractivity contribution in [1.29, 1.82) is 0 Å². The summed E-state index contributed by atoms with van der Waals surface area (Å²) in [7, 11) is 0. The van der Waals surface area contributed by atoms with Crippen molar-refractivity contribution >= 4 is 23.0 Å². The second kappa shape index (κ2) is 15.2. The van der Waals surface area contributed by atoms with E-state index in [1.54, 1.807) is 6.20 Å². The Morgan fingerprint density at radius 1 is 0.719 bits per heavy atom. The molecule has 4 N–H and O–H groups in total. The number of rotatable bonds is 11. The van der Waals surface area contributed by atoms with Crippen molar-refractivity contribution < 1.29 is 37.4 Å². The van der Waals surface area contributed by atoms with E-state index < -0.39 is 59.6 Å². The van der Waals surface area contributed by atoms with Crippen molar-refractivity contribution in [2.45, 2.75) is 179 Å². The molecule has 8 nitrogen and oxygen atoms in total. The number of aromatic nitrogens is 2. The van der Waals surface area contributed by atoms with E-state index in [0.29, 0.717) is 37.9 Å². The fraction of sp³-hybridized carbons (Fsp3) is 0.615. The molecule has 2 heterocycles. The molecular weight excluding hydrogens is 821 g/mol. The summed E-state index contributed by atoms with van der Waals surface area (Å²) in [5, 5.41) is 26.4.